The van der Waals surface area contributed by atoms with Crippen LogP contribution in [0.4, 0.5) is 5.69 Å². The van der Waals surface area contributed by atoms with Crippen molar-refractivity contribution in [1.82, 2.24) is 0 Å². The van der Waals surface area contributed by atoms with Gasteiger partial charge in [0.2, 0.25) is 0 Å². The van der Waals surface area contributed by atoms with E-state index < -0.39 is 36.9 Å². The molecule has 1 aromatic rings. The van der Waals surface area contributed by atoms with Crippen molar-refractivity contribution in [3.8, 4) is 5.75 Å². The van der Waals surface area contributed by atoms with Crippen LogP contribution < -0.4 is 10.1 Å². The van der Waals surface area contributed by atoms with Crippen LogP contribution in [0.1, 0.15) is 0 Å². The Morgan fingerprint density at radius 3 is 2.19 bits per heavy atom. The van der Waals surface area contributed by atoms with Crippen LogP contribution in [0.3, 0.4) is 0 Å². The minimum Gasteiger partial charge on any atom is -0.497 e. The van der Waals surface area contributed by atoms with Gasteiger partial charge < -0.3 is 35.6 Å². The van der Waals surface area contributed by atoms with Crippen molar-refractivity contribution in [3.63, 3.8) is 0 Å². The first-order valence-corrected chi connectivity index (χ1v) is 6.18. The molecule has 0 heterocycles. The summed E-state index contributed by atoms with van der Waals surface area (Å²) >= 11 is 0. The lowest BCUT2D eigenvalue weighted by Crippen LogP contribution is -2.50. The summed E-state index contributed by atoms with van der Waals surface area (Å²) in [4.78, 5) is 11.7. The van der Waals surface area contributed by atoms with Crippen LogP contribution in [0, 0.1) is 0 Å². The molecule has 1 rings (SSSR count). The molecular formula is C13H19NO7. The van der Waals surface area contributed by atoms with E-state index in [0.29, 0.717) is 11.4 Å². The number of carbonyl (C=O) groups excluding carboxylic acids is 1. The third kappa shape index (κ3) is 4.66. The fourth-order valence-electron chi connectivity index (χ4n) is 1.57. The van der Waals surface area contributed by atoms with Gasteiger partial charge >= 0.3 is 0 Å². The largest absolute Gasteiger partial charge is 0.497 e. The van der Waals surface area contributed by atoms with E-state index in [4.69, 9.17) is 14.9 Å². The number of benzene rings is 1. The van der Waals surface area contributed by atoms with Crippen molar-refractivity contribution in [2.45, 2.75) is 24.4 Å². The molecule has 0 fully saturated rings. The summed E-state index contributed by atoms with van der Waals surface area (Å²) in [6.07, 6.45) is -7.43. The van der Waals surface area contributed by atoms with Gasteiger partial charge in [-0.2, -0.15) is 0 Å². The molecule has 1 amide bonds. The fraction of sp³-hybridized carbons (Fsp3) is 0.462. The van der Waals surface area contributed by atoms with Crippen LogP contribution in [-0.4, -0.2) is 69.6 Å². The third-order valence-corrected chi connectivity index (χ3v) is 2.88. The van der Waals surface area contributed by atoms with Crippen LogP contribution in [0.15, 0.2) is 24.3 Å². The van der Waals surface area contributed by atoms with Crippen molar-refractivity contribution in [2.75, 3.05) is 19.0 Å². The first-order valence-electron chi connectivity index (χ1n) is 6.18. The quantitative estimate of drug-likeness (QED) is 0.345. The van der Waals surface area contributed by atoms with Crippen LogP contribution >= 0.6 is 0 Å². The van der Waals surface area contributed by atoms with Gasteiger partial charge in [0.1, 0.15) is 24.1 Å². The highest BCUT2D eigenvalue weighted by atomic mass is 16.5. The molecule has 8 nitrogen and oxygen atoms in total. The molecule has 0 spiro atoms. The molecule has 0 unspecified atom stereocenters. The lowest BCUT2D eigenvalue weighted by Gasteiger charge is -2.24. The fourth-order valence-corrected chi connectivity index (χ4v) is 1.57. The molecule has 0 saturated carbocycles. The number of aliphatic hydroxyl groups is 5. The summed E-state index contributed by atoms with van der Waals surface area (Å²) in [5, 5.41) is 48.7. The zero-order chi connectivity index (χ0) is 16.0. The molecule has 0 bridgehead atoms. The second-order valence-electron chi connectivity index (χ2n) is 4.39. The number of aliphatic hydroxyl groups excluding tert-OH is 5. The molecule has 4 atom stereocenters. The SMILES string of the molecule is COc1ccc(NC(=O)[C@@H](O)[C@@H](O)[C@H](O)[C@@H](O)CO)cc1. The molecule has 0 aliphatic rings. The Labute approximate surface area is 121 Å². The van der Waals surface area contributed by atoms with Crippen molar-refractivity contribution in [3.05, 3.63) is 24.3 Å². The number of amides is 1. The summed E-state index contributed by atoms with van der Waals surface area (Å²) in [6, 6.07) is 6.22. The average molecular weight is 301 g/mol. The summed E-state index contributed by atoms with van der Waals surface area (Å²) in [6.45, 7) is -0.814. The van der Waals surface area contributed by atoms with Crippen LogP contribution in [0.5, 0.6) is 5.75 Å². The number of methoxy groups -OCH3 is 1. The van der Waals surface area contributed by atoms with Crippen molar-refractivity contribution >= 4 is 11.6 Å². The molecule has 8 heteroatoms. The Morgan fingerprint density at radius 1 is 1.14 bits per heavy atom. The molecule has 0 saturated heterocycles. The second-order valence-corrected chi connectivity index (χ2v) is 4.39. The average Bonchev–Trinajstić information content (AvgIpc) is 2.52. The van der Waals surface area contributed by atoms with Gasteiger partial charge in [0.25, 0.3) is 5.91 Å². The molecule has 21 heavy (non-hydrogen) atoms. The third-order valence-electron chi connectivity index (χ3n) is 2.88. The van der Waals surface area contributed by atoms with Gasteiger partial charge in [0.05, 0.1) is 13.7 Å². The highest BCUT2D eigenvalue weighted by molar-refractivity contribution is 5.94. The normalized spacial score (nSPS) is 16.7. The monoisotopic (exact) mass is 301 g/mol. The predicted octanol–water partition coefficient (Wildman–Crippen LogP) is -1.93. The molecule has 0 radical (unpaired) electrons. The number of hydrogen-bond acceptors (Lipinski definition) is 7. The summed E-state index contributed by atoms with van der Waals surface area (Å²) in [5.41, 5.74) is 0.351. The first-order chi connectivity index (χ1) is 9.90. The predicted molar refractivity (Wildman–Crippen MR) is 72.7 cm³/mol. The molecule has 1 aromatic carbocycles. The minimum absolute atomic E-state index is 0.351. The summed E-state index contributed by atoms with van der Waals surface area (Å²) in [7, 11) is 1.49. The number of hydrogen-bond donors (Lipinski definition) is 6. The summed E-state index contributed by atoms with van der Waals surface area (Å²) in [5.74, 6) is -0.382. The highest BCUT2D eigenvalue weighted by Gasteiger charge is 2.34. The highest BCUT2D eigenvalue weighted by Crippen LogP contribution is 2.16. The second kappa shape index (κ2) is 7.91. The summed E-state index contributed by atoms with van der Waals surface area (Å²) < 4.78 is 4.94. The molecule has 0 aromatic heterocycles. The molecule has 118 valence electrons. The maximum atomic E-state index is 11.7. The van der Waals surface area contributed by atoms with Gasteiger partial charge in [0.15, 0.2) is 6.10 Å². The van der Waals surface area contributed by atoms with Gasteiger partial charge in [-0.15, -0.1) is 0 Å². The van der Waals surface area contributed by atoms with Gasteiger partial charge in [0, 0.05) is 5.69 Å². The van der Waals surface area contributed by atoms with Crippen LogP contribution in [0.25, 0.3) is 0 Å². The number of anilines is 1. The molecule has 6 N–H and O–H groups in total. The lowest BCUT2D eigenvalue weighted by atomic mass is 10.0. The van der Waals surface area contributed by atoms with E-state index in [1.54, 1.807) is 12.1 Å². The van der Waals surface area contributed by atoms with Gasteiger partial charge in [-0.05, 0) is 24.3 Å². The van der Waals surface area contributed by atoms with Gasteiger partial charge in [-0.3, -0.25) is 4.79 Å². The van der Waals surface area contributed by atoms with E-state index in [9.17, 15) is 20.1 Å². The van der Waals surface area contributed by atoms with E-state index in [1.807, 2.05) is 0 Å². The smallest absolute Gasteiger partial charge is 0.256 e. The van der Waals surface area contributed by atoms with Crippen molar-refractivity contribution < 1.29 is 35.1 Å². The number of nitrogens with one attached hydrogen (secondary N) is 1. The molecule has 0 aliphatic heterocycles. The minimum atomic E-state index is -1.97. The van der Waals surface area contributed by atoms with E-state index >= 15 is 0 Å². The Hall–Kier alpha value is -1.71. The van der Waals surface area contributed by atoms with E-state index in [0.717, 1.165) is 0 Å². The standard InChI is InChI=1S/C13H19NO7/c1-21-8-4-2-7(3-5-8)14-13(20)12(19)11(18)10(17)9(16)6-15/h2-5,9-12,15-19H,6H2,1H3,(H,14,20)/t9-,10+,11-,12-/m0/s1. The number of ether oxygens (including phenoxy) is 1. The van der Waals surface area contributed by atoms with E-state index in [-0.39, 0.29) is 0 Å². The Bertz CT molecular complexity index is 450. The van der Waals surface area contributed by atoms with Crippen molar-refractivity contribution in [2.24, 2.45) is 0 Å². The van der Waals surface area contributed by atoms with Gasteiger partial charge in [-0.1, -0.05) is 0 Å². The van der Waals surface area contributed by atoms with Crippen molar-refractivity contribution in [1.29, 1.82) is 0 Å². The van der Waals surface area contributed by atoms with E-state index in [1.165, 1.54) is 19.2 Å². The molecule has 0 aliphatic carbocycles. The van der Waals surface area contributed by atoms with Crippen LogP contribution in [-0.2, 0) is 4.79 Å². The van der Waals surface area contributed by atoms with Crippen LogP contribution in [0.2, 0.25) is 0 Å². The Balaban J connectivity index is 2.64. The zero-order valence-electron chi connectivity index (χ0n) is 11.4. The Morgan fingerprint density at radius 2 is 1.71 bits per heavy atom. The first kappa shape index (κ1) is 17.3. The lowest BCUT2D eigenvalue weighted by molar-refractivity contribution is -0.144. The Kier molecular flexibility index (Phi) is 6.53. The maximum absolute atomic E-state index is 11.7. The maximum Gasteiger partial charge on any atom is 0.256 e. The number of carbonyl (C=O) groups is 1. The van der Waals surface area contributed by atoms with E-state index in [2.05, 4.69) is 5.32 Å². The van der Waals surface area contributed by atoms with Gasteiger partial charge in [-0.25, -0.2) is 0 Å². The molecular weight excluding hydrogens is 282 g/mol. The zero-order valence-corrected chi connectivity index (χ0v) is 11.4. The topological polar surface area (TPSA) is 139 Å². The number of rotatable bonds is 7.